The predicted octanol–water partition coefficient (Wildman–Crippen LogP) is 5.82. The summed E-state index contributed by atoms with van der Waals surface area (Å²) in [6, 6.07) is 13.6. The number of alkyl halides is 3. The van der Waals surface area contributed by atoms with Crippen LogP contribution in [0.2, 0.25) is 0 Å². The molecular formula is C29H26F4N6O2. The molecule has 1 aliphatic carbocycles. The first-order valence-electron chi connectivity index (χ1n) is 13.1. The minimum absolute atomic E-state index is 0.0899. The van der Waals surface area contributed by atoms with E-state index in [1.807, 2.05) is 12.1 Å². The minimum atomic E-state index is -4.46. The van der Waals surface area contributed by atoms with E-state index in [-0.39, 0.29) is 36.4 Å². The van der Waals surface area contributed by atoms with Crippen LogP contribution in [0.1, 0.15) is 35.6 Å². The third-order valence-electron chi connectivity index (χ3n) is 7.63. The summed E-state index contributed by atoms with van der Waals surface area (Å²) in [5, 5.41) is 9.05. The molecule has 2 aromatic heterocycles. The maximum atomic E-state index is 14.8. The van der Waals surface area contributed by atoms with Gasteiger partial charge in [-0.2, -0.15) is 13.2 Å². The summed E-state index contributed by atoms with van der Waals surface area (Å²) in [6.45, 7) is 2.12. The van der Waals surface area contributed by atoms with Gasteiger partial charge in [-0.15, -0.1) is 0 Å². The van der Waals surface area contributed by atoms with Gasteiger partial charge in [0.1, 0.15) is 11.2 Å². The Kier molecular flexibility index (Phi) is 6.72. The van der Waals surface area contributed by atoms with Crippen molar-refractivity contribution in [3.05, 3.63) is 83.6 Å². The second-order valence-electron chi connectivity index (χ2n) is 10.6. The standard InChI is InChI=1S/C29H26F4N6O2/c1-39-15-21(16-39)17-4-6-22(7-5-17)36-27-34-13-20(14-35-27)18-2-3-19(23(30)10-18)11-26(40)37-25-12-24(41-38-25)28(8-9-28)29(31,32)33/h2-7,10,12-14,21H,8-9,11,15-16H2,1H3,(H,34,35,36)(H,37,38,40). The zero-order chi connectivity index (χ0) is 28.8. The van der Waals surface area contributed by atoms with Crippen LogP contribution in [0.25, 0.3) is 11.1 Å². The normalized spacial score (nSPS) is 16.7. The fraction of sp³-hybridized carbons (Fsp3) is 0.310. The first kappa shape index (κ1) is 26.9. The van der Waals surface area contributed by atoms with Crippen molar-refractivity contribution in [3.63, 3.8) is 0 Å². The molecule has 0 spiro atoms. The van der Waals surface area contributed by atoms with Crippen LogP contribution in [-0.2, 0) is 16.6 Å². The molecule has 2 aromatic carbocycles. The molecule has 0 atom stereocenters. The third kappa shape index (κ3) is 5.51. The van der Waals surface area contributed by atoms with Gasteiger partial charge in [-0.3, -0.25) is 4.79 Å². The fourth-order valence-electron chi connectivity index (χ4n) is 5.00. The Bertz CT molecular complexity index is 1560. The SMILES string of the molecule is CN1CC(c2ccc(Nc3ncc(-c4ccc(CC(=O)Nc5cc(C6(C(F)(F)F)CC6)on5)c(F)c4)cn3)cc2)C1. The lowest BCUT2D eigenvalue weighted by Gasteiger charge is -2.36. The molecule has 1 amide bonds. The fourth-order valence-corrected chi connectivity index (χ4v) is 5.00. The number of likely N-dealkylation sites (tertiary alicyclic amines) is 1. The van der Waals surface area contributed by atoms with Crippen molar-refractivity contribution >= 4 is 23.4 Å². The zero-order valence-corrected chi connectivity index (χ0v) is 22.0. The largest absolute Gasteiger partial charge is 0.401 e. The summed E-state index contributed by atoms with van der Waals surface area (Å²) in [7, 11) is 2.10. The van der Waals surface area contributed by atoms with Crippen molar-refractivity contribution in [1.82, 2.24) is 20.0 Å². The van der Waals surface area contributed by atoms with Crippen LogP contribution < -0.4 is 10.6 Å². The van der Waals surface area contributed by atoms with Gasteiger partial charge in [0.05, 0.1) is 6.42 Å². The Morgan fingerprint density at radius 1 is 1.05 bits per heavy atom. The smallest absolute Gasteiger partial charge is 0.358 e. The van der Waals surface area contributed by atoms with E-state index in [1.165, 1.54) is 17.7 Å². The molecule has 212 valence electrons. The van der Waals surface area contributed by atoms with Crippen LogP contribution in [0.15, 0.2) is 65.4 Å². The highest BCUT2D eigenvalue weighted by molar-refractivity contribution is 5.91. The maximum Gasteiger partial charge on any atom is 0.401 e. The lowest BCUT2D eigenvalue weighted by atomic mass is 9.92. The molecular weight excluding hydrogens is 540 g/mol. The first-order chi connectivity index (χ1) is 19.6. The van der Waals surface area contributed by atoms with Crippen LogP contribution in [0.5, 0.6) is 0 Å². The molecule has 12 heteroatoms. The molecule has 1 saturated heterocycles. The Hall–Kier alpha value is -4.32. The number of halogens is 4. The van der Waals surface area contributed by atoms with Gasteiger partial charge >= 0.3 is 6.18 Å². The van der Waals surface area contributed by atoms with Crippen molar-refractivity contribution in [2.24, 2.45) is 0 Å². The lowest BCUT2D eigenvalue weighted by Crippen LogP contribution is -2.41. The van der Waals surface area contributed by atoms with E-state index in [0.29, 0.717) is 23.0 Å². The van der Waals surface area contributed by atoms with E-state index < -0.39 is 23.3 Å². The number of likely N-dealkylation sites (N-methyl/N-ethyl adjacent to an activating group) is 1. The van der Waals surface area contributed by atoms with E-state index in [9.17, 15) is 22.4 Å². The average Bonchev–Trinajstić information content (AvgIpc) is 3.63. The van der Waals surface area contributed by atoms with Crippen LogP contribution >= 0.6 is 0 Å². The number of nitrogens with zero attached hydrogens (tertiary/aromatic N) is 4. The molecule has 8 nitrogen and oxygen atoms in total. The number of carbonyl (C=O) groups excluding carboxylic acids is 1. The number of amides is 1. The minimum Gasteiger partial charge on any atom is -0.358 e. The Morgan fingerprint density at radius 3 is 2.37 bits per heavy atom. The number of carbonyl (C=O) groups is 1. The van der Waals surface area contributed by atoms with Gasteiger partial charge in [-0.05, 0) is 54.8 Å². The van der Waals surface area contributed by atoms with Gasteiger partial charge in [-0.25, -0.2) is 14.4 Å². The topological polar surface area (TPSA) is 96.2 Å². The lowest BCUT2D eigenvalue weighted by molar-refractivity contribution is -0.165. The quantitative estimate of drug-likeness (QED) is 0.260. The van der Waals surface area contributed by atoms with E-state index in [1.54, 1.807) is 18.5 Å². The maximum absolute atomic E-state index is 14.8. The number of benzene rings is 2. The van der Waals surface area contributed by atoms with Crippen molar-refractivity contribution in [1.29, 1.82) is 0 Å². The summed E-state index contributed by atoms with van der Waals surface area (Å²) >= 11 is 0. The molecule has 0 unspecified atom stereocenters. The number of nitrogens with one attached hydrogen (secondary N) is 2. The van der Waals surface area contributed by atoms with E-state index in [0.717, 1.165) is 24.8 Å². The number of aromatic nitrogens is 3. The average molecular weight is 567 g/mol. The Labute approximate surface area is 232 Å². The first-order valence-corrected chi connectivity index (χ1v) is 13.1. The van der Waals surface area contributed by atoms with Gasteiger partial charge in [0.25, 0.3) is 0 Å². The Morgan fingerprint density at radius 2 is 1.76 bits per heavy atom. The molecule has 41 heavy (non-hydrogen) atoms. The summed E-state index contributed by atoms with van der Waals surface area (Å²) in [5.41, 5.74) is 1.34. The van der Waals surface area contributed by atoms with Crippen molar-refractivity contribution < 1.29 is 26.9 Å². The Balaban J connectivity index is 1.05. The highest BCUT2D eigenvalue weighted by atomic mass is 19.4. The van der Waals surface area contributed by atoms with Crippen LogP contribution in [0.3, 0.4) is 0 Å². The van der Waals surface area contributed by atoms with Crippen molar-refractivity contribution in [2.75, 3.05) is 30.8 Å². The third-order valence-corrected chi connectivity index (χ3v) is 7.63. The second kappa shape index (κ2) is 10.3. The molecule has 3 heterocycles. The molecule has 2 aliphatic rings. The van der Waals surface area contributed by atoms with Gasteiger partial charge in [0, 0.05) is 48.7 Å². The molecule has 4 aromatic rings. The molecule has 0 bridgehead atoms. The van der Waals surface area contributed by atoms with Crippen LogP contribution in [0.4, 0.5) is 35.0 Å². The van der Waals surface area contributed by atoms with Gasteiger partial charge in [0.15, 0.2) is 11.6 Å². The second-order valence-corrected chi connectivity index (χ2v) is 10.6. The van der Waals surface area contributed by atoms with Crippen LogP contribution in [-0.4, -0.2) is 52.2 Å². The molecule has 1 saturated carbocycles. The summed E-state index contributed by atoms with van der Waals surface area (Å²) in [5.74, 6) is -0.779. The predicted molar refractivity (Wildman–Crippen MR) is 143 cm³/mol. The van der Waals surface area contributed by atoms with E-state index in [2.05, 4.69) is 49.8 Å². The van der Waals surface area contributed by atoms with Gasteiger partial charge in [0.2, 0.25) is 11.9 Å². The molecule has 0 radical (unpaired) electrons. The van der Waals surface area contributed by atoms with Crippen LogP contribution in [0, 0.1) is 5.82 Å². The van der Waals surface area contributed by atoms with Gasteiger partial charge in [-0.1, -0.05) is 29.4 Å². The number of rotatable bonds is 8. The molecule has 1 aliphatic heterocycles. The summed E-state index contributed by atoms with van der Waals surface area (Å²) in [4.78, 5) is 23.4. The van der Waals surface area contributed by atoms with E-state index >= 15 is 0 Å². The monoisotopic (exact) mass is 566 g/mol. The molecule has 6 rings (SSSR count). The highest BCUT2D eigenvalue weighted by Gasteiger charge is 2.66. The van der Waals surface area contributed by atoms with Gasteiger partial charge < -0.3 is 20.1 Å². The highest BCUT2D eigenvalue weighted by Crippen LogP contribution is 2.59. The van der Waals surface area contributed by atoms with E-state index in [4.69, 9.17) is 4.52 Å². The number of hydrogen-bond acceptors (Lipinski definition) is 7. The van der Waals surface area contributed by atoms with Crippen molar-refractivity contribution in [3.8, 4) is 11.1 Å². The number of hydrogen-bond donors (Lipinski definition) is 2. The summed E-state index contributed by atoms with van der Waals surface area (Å²) in [6.07, 6.45) is -1.83. The zero-order valence-electron chi connectivity index (χ0n) is 22.0. The molecule has 2 N–H and O–H groups in total. The number of anilines is 3. The van der Waals surface area contributed by atoms with Crippen molar-refractivity contribution in [2.45, 2.75) is 36.8 Å². The molecule has 2 fully saturated rings. The summed E-state index contributed by atoms with van der Waals surface area (Å²) < 4.78 is 59.5.